The fourth-order valence-electron chi connectivity index (χ4n) is 5.41. The van der Waals surface area contributed by atoms with Gasteiger partial charge < -0.3 is 14.9 Å². The first-order valence-corrected chi connectivity index (χ1v) is 12.9. The normalized spacial score (nSPS) is 20.1. The molecule has 4 heterocycles. The van der Waals surface area contributed by atoms with Crippen molar-refractivity contribution in [2.45, 2.75) is 39.2 Å². The largest absolute Gasteiger partial charge is 0.351 e. The monoisotopic (exact) mass is 475 g/mol. The molecule has 1 saturated heterocycles. The van der Waals surface area contributed by atoms with Gasteiger partial charge in [0, 0.05) is 42.0 Å². The Morgan fingerprint density at radius 1 is 1.18 bits per heavy atom. The molecule has 2 aliphatic rings. The highest BCUT2D eigenvalue weighted by atomic mass is 32.1. The van der Waals surface area contributed by atoms with Gasteiger partial charge in [0.15, 0.2) is 0 Å². The molecule has 1 aliphatic carbocycles. The number of fused-ring (bicyclic) bond motifs is 4. The van der Waals surface area contributed by atoms with Crippen LogP contribution in [0.3, 0.4) is 0 Å². The molecule has 3 aromatic heterocycles. The van der Waals surface area contributed by atoms with Gasteiger partial charge in [-0.05, 0) is 49.8 Å². The number of hydrogen-bond acceptors (Lipinski definition) is 5. The molecule has 176 valence electrons. The molecule has 1 fully saturated rings. The predicted molar refractivity (Wildman–Crippen MR) is 136 cm³/mol. The highest BCUT2D eigenvalue weighted by Crippen LogP contribution is 2.36. The van der Waals surface area contributed by atoms with Crippen molar-refractivity contribution in [1.82, 2.24) is 24.8 Å². The van der Waals surface area contributed by atoms with Crippen LogP contribution in [0.25, 0.3) is 21.1 Å². The molecule has 1 amide bonds. The molecule has 2 N–H and O–H groups in total. The van der Waals surface area contributed by atoms with Gasteiger partial charge in [-0.25, -0.2) is 4.98 Å². The Hall–Kier alpha value is -2.97. The molecular formula is C26H29N5O2S. The number of thiophene rings is 1. The maximum atomic E-state index is 13.0. The highest BCUT2D eigenvalue weighted by Gasteiger charge is 2.29. The molecule has 0 saturated carbocycles. The van der Waals surface area contributed by atoms with E-state index in [2.05, 4.69) is 28.7 Å². The van der Waals surface area contributed by atoms with Crippen molar-refractivity contribution in [1.29, 1.82) is 0 Å². The Bertz CT molecular complexity index is 1410. The van der Waals surface area contributed by atoms with Crippen molar-refractivity contribution in [2.24, 2.45) is 5.92 Å². The number of benzene rings is 1. The minimum absolute atomic E-state index is 0.00784. The summed E-state index contributed by atoms with van der Waals surface area (Å²) in [5.41, 5.74) is 2.82. The lowest BCUT2D eigenvalue weighted by Crippen LogP contribution is -2.49. The van der Waals surface area contributed by atoms with E-state index in [1.807, 2.05) is 35.2 Å². The molecule has 34 heavy (non-hydrogen) atoms. The second-order valence-electron chi connectivity index (χ2n) is 9.76. The Morgan fingerprint density at radius 3 is 2.76 bits per heavy atom. The molecule has 1 aliphatic heterocycles. The Labute approximate surface area is 201 Å². The van der Waals surface area contributed by atoms with E-state index in [-0.39, 0.29) is 17.5 Å². The van der Waals surface area contributed by atoms with Crippen LogP contribution >= 0.6 is 11.3 Å². The van der Waals surface area contributed by atoms with Crippen molar-refractivity contribution in [3.8, 4) is 0 Å². The van der Waals surface area contributed by atoms with Crippen LogP contribution in [0.1, 0.15) is 53.1 Å². The zero-order chi connectivity index (χ0) is 23.4. The van der Waals surface area contributed by atoms with Crippen molar-refractivity contribution >= 4 is 38.4 Å². The number of nitrogens with zero attached hydrogens (tertiary/aromatic N) is 3. The van der Waals surface area contributed by atoms with Crippen LogP contribution in [0.15, 0.2) is 35.1 Å². The summed E-state index contributed by atoms with van der Waals surface area (Å²) in [6.07, 6.45) is 3.16. The molecule has 0 radical (unpaired) electrons. The molecule has 1 aromatic carbocycles. The number of carbonyl (C=O) groups is 1. The van der Waals surface area contributed by atoms with Gasteiger partial charge in [0.25, 0.3) is 11.5 Å². The van der Waals surface area contributed by atoms with Crippen LogP contribution < -0.4 is 5.56 Å². The van der Waals surface area contributed by atoms with Crippen molar-refractivity contribution in [3.63, 3.8) is 0 Å². The number of para-hydroxylation sites is 1. The fraction of sp³-hybridized carbons (Fsp3) is 0.423. The topological polar surface area (TPSA) is 85.1 Å². The summed E-state index contributed by atoms with van der Waals surface area (Å²) >= 11 is 1.69. The summed E-state index contributed by atoms with van der Waals surface area (Å²) in [6.45, 7) is 7.16. The second kappa shape index (κ2) is 8.36. The van der Waals surface area contributed by atoms with E-state index < -0.39 is 0 Å². The summed E-state index contributed by atoms with van der Waals surface area (Å²) < 4.78 is 0. The zero-order valence-electron chi connectivity index (χ0n) is 19.6. The molecule has 7 nitrogen and oxygen atoms in total. The van der Waals surface area contributed by atoms with E-state index in [9.17, 15) is 9.59 Å². The number of aromatic amines is 2. The van der Waals surface area contributed by atoms with Gasteiger partial charge in [0.05, 0.1) is 11.4 Å². The maximum Gasteiger partial charge on any atom is 0.270 e. The van der Waals surface area contributed by atoms with Gasteiger partial charge in [-0.2, -0.15) is 0 Å². The standard InChI is InChI=1S/C26H29N5O2S/c1-15-7-8-18-21(13-15)34-25-22(18)24(32)28-23(29-25)16(2)30-9-11-31(12-10-30)26(33)20-14-17-5-3-4-6-19(17)27-20/h3-6,14-16,27H,7-13H2,1-2H3,(H,28,29,32). The number of carbonyl (C=O) groups excluding carboxylic acids is 1. The Balaban J connectivity index is 1.17. The number of hydrogen-bond donors (Lipinski definition) is 2. The van der Waals surface area contributed by atoms with Crippen LogP contribution in [0, 0.1) is 5.92 Å². The van der Waals surface area contributed by atoms with Crippen molar-refractivity contribution in [2.75, 3.05) is 26.2 Å². The van der Waals surface area contributed by atoms with Crippen LogP contribution in [0.4, 0.5) is 0 Å². The SMILES string of the molecule is CC1CCc2c(sc3nc(C(C)N4CCN(C(=O)c5cc6ccccc6[nH]5)CC4)[nH]c(=O)c23)C1. The van der Waals surface area contributed by atoms with Crippen LogP contribution in [-0.4, -0.2) is 56.8 Å². The van der Waals surface area contributed by atoms with E-state index in [0.717, 1.165) is 59.3 Å². The van der Waals surface area contributed by atoms with Gasteiger partial charge in [0.2, 0.25) is 0 Å². The van der Waals surface area contributed by atoms with Crippen molar-refractivity contribution in [3.05, 3.63) is 62.6 Å². The minimum atomic E-state index is -0.0134. The van der Waals surface area contributed by atoms with E-state index in [4.69, 9.17) is 4.98 Å². The summed E-state index contributed by atoms with van der Waals surface area (Å²) in [6, 6.07) is 9.86. The van der Waals surface area contributed by atoms with E-state index >= 15 is 0 Å². The molecule has 6 rings (SSSR count). The van der Waals surface area contributed by atoms with E-state index in [1.54, 1.807) is 11.3 Å². The van der Waals surface area contributed by atoms with Gasteiger partial charge in [-0.1, -0.05) is 25.1 Å². The smallest absolute Gasteiger partial charge is 0.270 e. The van der Waals surface area contributed by atoms with Crippen molar-refractivity contribution < 1.29 is 4.79 Å². The highest BCUT2D eigenvalue weighted by molar-refractivity contribution is 7.18. The summed E-state index contributed by atoms with van der Waals surface area (Å²) in [4.78, 5) is 43.7. The molecule has 0 bridgehead atoms. The third kappa shape index (κ3) is 3.65. The molecule has 0 spiro atoms. The van der Waals surface area contributed by atoms with Gasteiger partial charge in [-0.15, -0.1) is 11.3 Å². The number of aryl methyl sites for hydroxylation is 1. The quantitative estimate of drug-likeness (QED) is 0.467. The predicted octanol–water partition coefficient (Wildman–Crippen LogP) is 4.11. The summed E-state index contributed by atoms with van der Waals surface area (Å²) in [5, 5.41) is 1.85. The first kappa shape index (κ1) is 21.6. The number of H-pyrrole nitrogens is 2. The summed E-state index contributed by atoms with van der Waals surface area (Å²) in [5.74, 6) is 1.43. The van der Waals surface area contributed by atoms with E-state index in [0.29, 0.717) is 24.7 Å². The first-order valence-electron chi connectivity index (χ1n) is 12.1. The number of rotatable bonds is 3. The summed E-state index contributed by atoms with van der Waals surface area (Å²) in [7, 11) is 0. The number of piperazine rings is 1. The second-order valence-corrected chi connectivity index (χ2v) is 10.8. The fourth-order valence-corrected chi connectivity index (χ4v) is 6.80. The van der Waals surface area contributed by atoms with Crippen LogP contribution in [0.5, 0.6) is 0 Å². The average Bonchev–Trinajstić information content (AvgIpc) is 3.44. The van der Waals surface area contributed by atoms with Gasteiger partial charge in [-0.3, -0.25) is 14.5 Å². The third-order valence-corrected chi connectivity index (χ3v) is 8.64. The number of amides is 1. The van der Waals surface area contributed by atoms with Gasteiger partial charge >= 0.3 is 0 Å². The number of nitrogens with one attached hydrogen (secondary N) is 2. The Kier molecular flexibility index (Phi) is 5.30. The average molecular weight is 476 g/mol. The molecule has 4 aromatic rings. The number of aromatic nitrogens is 3. The zero-order valence-corrected chi connectivity index (χ0v) is 20.4. The molecule has 2 unspecified atom stereocenters. The Morgan fingerprint density at radius 2 is 1.97 bits per heavy atom. The third-order valence-electron chi connectivity index (χ3n) is 7.49. The molecule has 8 heteroatoms. The van der Waals surface area contributed by atoms with E-state index in [1.165, 1.54) is 10.4 Å². The lowest BCUT2D eigenvalue weighted by molar-refractivity contribution is 0.0571. The van der Waals surface area contributed by atoms with Gasteiger partial charge in [0.1, 0.15) is 16.3 Å². The maximum absolute atomic E-state index is 13.0. The van der Waals surface area contributed by atoms with Crippen LogP contribution in [0.2, 0.25) is 0 Å². The first-order chi connectivity index (χ1) is 16.5. The van der Waals surface area contributed by atoms with Crippen LogP contribution in [-0.2, 0) is 12.8 Å². The molecule has 2 atom stereocenters. The minimum Gasteiger partial charge on any atom is -0.351 e. The lowest BCUT2D eigenvalue weighted by Gasteiger charge is -2.37. The lowest BCUT2D eigenvalue weighted by atomic mass is 9.89. The molecular weight excluding hydrogens is 446 g/mol.